The van der Waals surface area contributed by atoms with Crippen molar-refractivity contribution in [2.75, 3.05) is 5.75 Å². The van der Waals surface area contributed by atoms with E-state index in [0.29, 0.717) is 11.3 Å². The van der Waals surface area contributed by atoms with E-state index in [1.165, 1.54) is 22.9 Å². The minimum absolute atomic E-state index is 0.0705. The second kappa shape index (κ2) is 5.39. The number of rotatable bonds is 3. The molecule has 1 aliphatic rings. The maximum Gasteiger partial charge on any atom is 0.327 e. The van der Waals surface area contributed by atoms with Crippen LogP contribution in [0.1, 0.15) is 23.7 Å². The highest BCUT2D eigenvalue weighted by atomic mass is 32.2. The molecular weight excluding hydrogens is 252 g/mol. The lowest BCUT2D eigenvalue weighted by Gasteiger charge is -2.26. The van der Waals surface area contributed by atoms with Crippen LogP contribution >= 0.6 is 11.8 Å². The number of carbonyl (C=O) groups excluding carboxylic acids is 1. The number of aromatic nitrogens is 1. The van der Waals surface area contributed by atoms with E-state index in [2.05, 4.69) is 4.98 Å². The molecule has 2 heterocycles. The molecule has 1 amide bonds. The molecule has 0 aliphatic carbocycles. The van der Waals surface area contributed by atoms with Crippen molar-refractivity contribution in [2.45, 2.75) is 24.8 Å². The van der Waals surface area contributed by atoms with Crippen LogP contribution in [0.15, 0.2) is 24.5 Å². The van der Waals surface area contributed by atoms with Gasteiger partial charge < -0.3 is 10.0 Å². The van der Waals surface area contributed by atoms with Crippen molar-refractivity contribution in [1.82, 2.24) is 9.88 Å². The first-order chi connectivity index (χ1) is 8.65. The Morgan fingerprint density at radius 2 is 2.39 bits per heavy atom. The average molecular weight is 266 g/mol. The lowest BCUT2D eigenvalue weighted by Crippen LogP contribution is -2.45. The molecule has 2 unspecified atom stereocenters. The minimum atomic E-state index is -0.948. The molecule has 1 saturated heterocycles. The van der Waals surface area contributed by atoms with E-state index in [9.17, 15) is 9.59 Å². The van der Waals surface area contributed by atoms with Gasteiger partial charge in [-0.15, -0.1) is 11.8 Å². The predicted octanol–water partition coefficient (Wildman–Crippen LogP) is 1.46. The van der Waals surface area contributed by atoms with Gasteiger partial charge in [-0.1, -0.05) is 6.92 Å². The summed E-state index contributed by atoms with van der Waals surface area (Å²) in [6.45, 7) is 1.95. The molecule has 2 rings (SSSR count). The number of carboxylic acids is 1. The predicted molar refractivity (Wildman–Crippen MR) is 68.4 cm³/mol. The van der Waals surface area contributed by atoms with Crippen LogP contribution in [0, 0.1) is 0 Å². The highest BCUT2D eigenvalue weighted by Crippen LogP contribution is 2.32. The zero-order valence-electron chi connectivity index (χ0n) is 9.94. The number of amides is 1. The fourth-order valence-electron chi connectivity index (χ4n) is 1.98. The van der Waals surface area contributed by atoms with Crippen LogP contribution in [0.25, 0.3) is 0 Å². The maximum absolute atomic E-state index is 12.3. The molecule has 1 fully saturated rings. The molecule has 1 aromatic heterocycles. The highest BCUT2D eigenvalue weighted by molar-refractivity contribution is 8.00. The van der Waals surface area contributed by atoms with Crippen LogP contribution < -0.4 is 0 Å². The van der Waals surface area contributed by atoms with Crippen LogP contribution in [0.2, 0.25) is 0 Å². The second-order valence-electron chi connectivity index (χ2n) is 4.00. The third kappa shape index (κ3) is 2.33. The summed E-state index contributed by atoms with van der Waals surface area (Å²) in [6.07, 6.45) is 3.79. The van der Waals surface area contributed by atoms with Gasteiger partial charge in [0.25, 0.3) is 5.91 Å². The van der Waals surface area contributed by atoms with Crippen molar-refractivity contribution in [1.29, 1.82) is 0 Å². The van der Waals surface area contributed by atoms with E-state index >= 15 is 0 Å². The molecule has 2 atom stereocenters. The molecule has 1 N–H and O–H groups in total. The fourth-order valence-corrected chi connectivity index (χ4v) is 3.33. The molecule has 0 radical (unpaired) electrons. The average Bonchev–Trinajstić information content (AvgIpc) is 2.82. The number of aliphatic carboxylic acids is 1. The quantitative estimate of drug-likeness (QED) is 0.897. The van der Waals surface area contributed by atoms with Gasteiger partial charge in [0.15, 0.2) is 0 Å². The third-order valence-corrected chi connectivity index (χ3v) is 4.32. The van der Waals surface area contributed by atoms with Crippen LogP contribution in [-0.4, -0.2) is 44.0 Å². The monoisotopic (exact) mass is 266 g/mol. The largest absolute Gasteiger partial charge is 0.480 e. The topological polar surface area (TPSA) is 70.5 Å². The summed E-state index contributed by atoms with van der Waals surface area (Å²) >= 11 is 1.51. The Balaban J connectivity index is 2.28. The van der Waals surface area contributed by atoms with Gasteiger partial charge in [0.1, 0.15) is 6.04 Å². The Morgan fingerprint density at radius 1 is 1.61 bits per heavy atom. The number of nitrogens with zero attached hydrogens (tertiary/aromatic N) is 2. The Kier molecular flexibility index (Phi) is 3.86. The van der Waals surface area contributed by atoms with Gasteiger partial charge in [-0.2, -0.15) is 0 Å². The molecule has 18 heavy (non-hydrogen) atoms. The summed E-state index contributed by atoms with van der Waals surface area (Å²) in [6, 6.07) is 2.59. The van der Waals surface area contributed by atoms with Crippen molar-refractivity contribution in [3.05, 3.63) is 30.1 Å². The van der Waals surface area contributed by atoms with Gasteiger partial charge in [-0.05, 0) is 18.6 Å². The molecule has 5 nitrogen and oxygen atoms in total. The van der Waals surface area contributed by atoms with E-state index in [4.69, 9.17) is 5.11 Å². The molecule has 1 aromatic rings. The molecule has 96 valence electrons. The molecule has 0 aromatic carbocycles. The van der Waals surface area contributed by atoms with Crippen molar-refractivity contribution in [3.63, 3.8) is 0 Å². The molecule has 1 aliphatic heterocycles. The number of hydrogen-bond acceptors (Lipinski definition) is 4. The van der Waals surface area contributed by atoms with Crippen molar-refractivity contribution in [3.8, 4) is 0 Å². The van der Waals surface area contributed by atoms with Gasteiger partial charge in [0.2, 0.25) is 0 Å². The summed E-state index contributed by atoms with van der Waals surface area (Å²) in [5.74, 6) is -0.761. The third-order valence-electron chi connectivity index (χ3n) is 2.87. The number of carboxylic acid groups (broad SMARTS) is 1. The first-order valence-corrected chi connectivity index (χ1v) is 6.77. The van der Waals surface area contributed by atoms with Gasteiger partial charge in [0, 0.05) is 18.1 Å². The molecule has 6 heteroatoms. The zero-order chi connectivity index (χ0) is 13.1. The second-order valence-corrected chi connectivity index (χ2v) is 5.22. The Hall–Kier alpha value is -1.56. The Labute approximate surface area is 109 Å². The highest BCUT2D eigenvalue weighted by Gasteiger charge is 2.41. The van der Waals surface area contributed by atoms with Crippen LogP contribution in [0.4, 0.5) is 0 Å². The van der Waals surface area contributed by atoms with Gasteiger partial charge in [-0.25, -0.2) is 4.79 Å². The molecule has 0 spiro atoms. The number of carbonyl (C=O) groups is 2. The smallest absolute Gasteiger partial charge is 0.327 e. The summed E-state index contributed by atoms with van der Waals surface area (Å²) < 4.78 is 0. The van der Waals surface area contributed by atoms with Gasteiger partial charge in [0.05, 0.1) is 10.9 Å². The Bertz CT molecular complexity index is 452. The number of thioether (sulfide) groups is 1. The molecule has 0 bridgehead atoms. The van der Waals surface area contributed by atoms with Crippen molar-refractivity contribution < 1.29 is 14.7 Å². The van der Waals surface area contributed by atoms with Crippen LogP contribution in [0.5, 0.6) is 0 Å². The van der Waals surface area contributed by atoms with E-state index in [1.54, 1.807) is 18.3 Å². The van der Waals surface area contributed by atoms with Crippen molar-refractivity contribution >= 4 is 23.6 Å². The summed E-state index contributed by atoms with van der Waals surface area (Å²) in [5.41, 5.74) is 0.435. The van der Waals surface area contributed by atoms with E-state index in [-0.39, 0.29) is 11.3 Å². The molecule has 0 saturated carbocycles. The first-order valence-electron chi connectivity index (χ1n) is 5.72. The van der Waals surface area contributed by atoms with Gasteiger partial charge in [-0.3, -0.25) is 9.78 Å². The SMILES string of the molecule is CCC1SCC(C(=O)O)N1C(=O)c1cccnc1. The van der Waals surface area contributed by atoms with Crippen molar-refractivity contribution in [2.24, 2.45) is 0 Å². The van der Waals surface area contributed by atoms with Crippen LogP contribution in [0.3, 0.4) is 0 Å². The van der Waals surface area contributed by atoms with Crippen LogP contribution in [-0.2, 0) is 4.79 Å². The number of pyridine rings is 1. The standard InChI is InChI=1S/C12H14N2O3S/c1-2-10-14(9(7-18-10)12(16)17)11(15)8-4-3-5-13-6-8/h3-6,9-10H,2,7H2,1H3,(H,16,17). The number of hydrogen-bond donors (Lipinski definition) is 1. The van der Waals surface area contributed by atoms with E-state index in [0.717, 1.165) is 6.42 Å². The summed E-state index contributed by atoms with van der Waals surface area (Å²) in [5, 5.41) is 9.10. The summed E-state index contributed by atoms with van der Waals surface area (Å²) in [4.78, 5) is 28.9. The maximum atomic E-state index is 12.3. The molecular formula is C12H14N2O3S. The minimum Gasteiger partial charge on any atom is -0.480 e. The lowest BCUT2D eigenvalue weighted by molar-refractivity contribution is -0.141. The zero-order valence-corrected chi connectivity index (χ0v) is 10.8. The van der Waals surface area contributed by atoms with Gasteiger partial charge >= 0.3 is 5.97 Å². The fraction of sp³-hybridized carbons (Fsp3) is 0.417. The normalized spacial score (nSPS) is 23.1. The first kappa shape index (κ1) is 12.9. The Morgan fingerprint density at radius 3 is 2.94 bits per heavy atom. The lowest BCUT2D eigenvalue weighted by atomic mass is 10.2. The van der Waals surface area contributed by atoms with E-state index in [1.807, 2.05) is 6.92 Å². The van der Waals surface area contributed by atoms with E-state index < -0.39 is 12.0 Å². The summed E-state index contributed by atoms with van der Waals surface area (Å²) in [7, 11) is 0.